The molecule has 1 rings (SSSR count). The quantitative estimate of drug-likeness (QED) is 0.586. The molecule has 1 aromatic rings. The van der Waals surface area contributed by atoms with Gasteiger partial charge in [0.15, 0.2) is 0 Å². The minimum Gasteiger partial charge on any atom is -0.496 e. The summed E-state index contributed by atoms with van der Waals surface area (Å²) in [4.78, 5) is 10.1. The van der Waals surface area contributed by atoms with Crippen LogP contribution in [0, 0.1) is 21.4 Å². The number of nitrogens with two attached hydrogens (primary N) is 1. The Morgan fingerprint density at radius 3 is 2.73 bits per heavy atom. The zero-order valence-corrected chi connectivity index (χ0v) is 8.06. The molecule has 0 bridgehead atoms. The number of nitro groups is 1. The highest BCUT2D eigenvalue weighted by Crippen LogP contribution is 2.27. The Labute approximate surface area is 86.0 Å². The zero-order valence-electron chi connectivity index (χ0n) is 8.06. The number of benzene rings is 1. The van der Waals surface area contributed by atoms with Gasteiger partial charge in [-0.2, -0.15) is 5.26 Å². The second-order valence-corrected chi connectivity index (χ2v) is 2.75. The molecular weight excluding hydrogens is 198 g/mol. The maximum absolute atomic E-state index is 10.7. The Balaban J connectivity index is 3.48. The molecule has 0 aromatic heterocycles. The van der Waals surface area contributed by atoms with Crippen LogP contribution in [0.2, 0.25) is 0 Å². The van der Waals surface area contributed by atoms with E-state index >= 15 is 0 Å². The Morgan fingerprint density at radius 2 is 2.33 bits per heavy atom. The number of methoxy groups -OCH3 is 1. The molecule has 0 heterocycles. The first-order valence-electron chi connectivity index (χ1n) is 4.09. The largest absolute Gasteiger partial charge is 0.496 e. The molecule has 0 aliphatic carbocycles. The van der Waals surface area contributed by atoms with Crippen LogP contribution in [-0.2, 0) is 6.54 Å². The summed E-state index contributed by atoms with van der Waals surface area (Å²) < 4.78 is 4.88. The molecule has 15 heavy (non-hydrogen) atoms. The molecule has 0 amide bonds. The molecule has 6 heteroatoms. The first-order valence-corrected chi connectivity index (χ1v) is 4.09. The molecule has 0 unspecified atom stereocenters. The highest BCUT2D eigenvalue weighted by atomic mass is 16.6. The van der Waals surface area contributed by atoms with Gasteiger partial charge in [0, 0.05) is 6.54 Å². The zero-order chi connectivity index (χ0) is 11.4. The summed E-state index contributed by atoms with van der Waals surface area (Å²) in [6, 6.07) is 4.50. The topological polar surface area (TPSA) is 102 Å². The Morgan fingerprint density at radius 1 is 1.67 bits per heavy atom. The molecule has 0 fully saturated rings. The van der Waals surface area contributed by atoms with Gasteiger partial charge >= 0.3 is 0 Å². The van der Waals surface area contributed by atoms with Gasteiger partial charge in [0.1, 0.15) is 17.4 Å². The smallest absolute Gasteiger partial charge is 0.291 e. The average molecular weight is 207 g/mol. The Bertz CT molecular complexity index is 437. The Hall–Kier alpha value is -2.13. The van der Waals surface area contributed by atoms with Crippen LogP contribution in [0.1, 0.15) is 11.1 Å². The van der Waals surface area contributed by atoms with Gasteiger partial charge in [0.25, 0.3) is 5.69 Å². The van der Waals surface area contributed by atoms with Crippen LogP contribution in [0.25, 0.3) is 0 Å². The minimum absolute atomic E-state index is 0.0108. The van der Waals surface area contributed by atoms with Crippen molar-refractivity contribution in [2.75, 3.05) is 7.11 Å². The first kappa shape index (κ1) is 10.9. The van der Waals surface area contributed by atoms with E-state index in [9.17, 15) is 10.1 Å². The first-order chi connectivity index (χ1) is 7.13. The molecular formula is C9H9N3O3. The molecule has 0 aliphatic heterocycles. The number of hydrogen-bond acceptors (Lipinski definition) is 5. The van der Waals surface area contributed by atoms with Crippen LogP contribution in [0.3, 0.4) is 0 Å². The molecule has 6 nitrogen and oxygen atoms in total. The summed E-state index contributed by atoms with van der Waals surface area (Å²) in [7, 11) is 1.39. The van der Waals surface area contributed by atoms with E-state index in [0.29, 0.717) is 11.3 Å². The van der Waals surface area contributed by atoms with E-state index < -0.39 is 4.92 Å². The van der Waals surface area contributed by atoms with Crippen molar-refractivity contribution in [3.8, 4) is 11.8 Å². The Kier molecular flexibility index (Phi) is 3.21. The molecule has 0 radical (unpaired) electrons. The minimum atomic E-state index is -0.625. The van der Waals surface area contributed by atoms with Crippen LogP contribution in [0.15, 0.2) is 12.1 Å². The number of rotatable bonds is 3. The van der Waals surface area contributed by atoms with Crippen molar-refractivity contribution in [3.63, 3.8) is 0 Å². The second-order valence-electron chi connectivity index (χ2n) is 2.75. The van der Waals surface area contributed by atoms with Crippen molar-refractivity contribution in [3.05, 3.63) is 33.4 Å². The lowest BCUT2D eigenvalue weighted by Crippen LogP contribution is -2.03. The third kappa shape index (κ3) is 2.03. The third-order valence-electron chi connectivity index (χ3n) is 1.94. The van der Waals surface area contributed by atoms with Crippen molar-refractivity contribution < 1.29 is 9.66 Å². The van der Waals surface area contributed by atoms with Gasteiger partial charge in [-0.15, -0.1) is 0 Å². The van der Waals surface area contributed by atoms with Crippen molar-refractivity contribution in [1.29, 1.82) is 5.26 Å². The normalized spacial score (nSPS) is 9.40. The van der Waals surface area contributed by atoms with E-state index in [1.165, 1.54) is 19.2 Å². The van der Waals surface area contributed by atoms with Gasteiger partial charge < -0.3 is 10.5 Å². The summed E-state index contributed by atoms with van der Waals surface area (Å²) in [6.07, 6.45) is 0. The summed E-state index contributed by atoms with van der Waals surface area (Å²) in [5.41, 5.74) is 5.50. The van der Waals surface area contributed by atoms with Gasteiger partial charge in [-0.3, -0.25) is 10.1 Å². The molecule has 2 N–H and O–H groups in total. The van der Waals surface area contributed by atoms with Crippen molar-refractivity contribution in [2.24, 2.45) is 5.73 Å². The lowest BCUT2D eigenvalue weighted by atomic mass is 10.1. The molecule has 0 atom stereocenters. The highest BCUT2D eigenvalue weighted by molar-refractivity contribution is 5.57. The summed E-state index contributed by atoms with van der Waals surface area (Å²) >= 11 is 0. The SMILES string of the molecule is COc1cc(CN)c(C#N)c([N+](=O)[O-])c1. The van der Waals surface area contributed by atoms with Crippen LogP contribution in [-0.4, -0.2) is 12.0 Å². The van der Waals surface area contributed by atoms with E-state index in [2.05, 4.69) is 0 Å². The fraction of sp³-hybridized carbons (Fsp3) is 0.222. The highest BCUT2D eigenvalue weighted by Gasteiger charge is 2.19. The maximum Gasteiger partial charge on any atom is 0.291 e. The van der Waals surface area contributed by atoms with Crippen LogP contribution in [0.4, 0.5) is 5.69 Å². The molecule has 0 saturated carbocycles. The maximum atomic E-state index is 10.7. The summed E-state index contributed by atoms with van der Waals surface area (Å²) in [5, 5.41) is 19.5. The van der Waals surface area contributed by atoms with Gasteiger partial charge in [-0.1, -0.05) is 0 Å². The van der Waals surface area contributed by atoms with Gasteiger partial charge in [-0.05, 0) is 11.6 Å². The lowest BCUT2D eigenvalue weighted by Gasteiger charge is -2.05. The predicted octanol–water partition coefficient (Wildman–Crippen LogP) is 0.934. The lowest BCUT2D eigenvalue weighted by molar-refractivity contribution is -0.385. The molecule has 0 spiro atoms. The van der Waals surface area contributed by atoms with Crippen LogP contribution >= 0.6 is 0 Å². The average Bonchev–Trinajstić information content (AvgIpc) is 2.26. The number of ether oxygens (including phenoxy) is 1. The number of nitriles is 1. The fourth-order valence-electron chi connectivity index (χ4n) is 1.21. The van der Waals surface area contributed by atoms with E-state index in [0.717, 1.165) is 0 Å². The fourth-order valence-corrected chi connectivity index (χ4v) is 1.21. The second kappa shape index (κ2) is 4.39. The molecule has 0 saturated heterocycles. The number of hydrogen-bond donors (Lipinski definition) is 1. The predicted molar refractivity (Wildman–Crippen MR) is 52.3 cm³/mol. The summed E-state index contributed by atoms with van der Waals surface area (Å²) in [6.45, 7) is 0.0565. The molecule has 1 aromatic carbocycles. The van der Waals surface area contributed by atoms with Crippen molar-refractivity contribution in [2.45, 2.75) is 6.54 Å². The summed E-state index contributed by atoms with van der Waals surface area (Å²) in [5.74, 6) is 0.321. The molecule has 78 valence electrons. The van der Waals surface area contributed by atoms with Gasteiger partial charge in [-0.25, -0.2) is 0 Å². The van der Waals surface area contributed by atoms with Crippen molar-refractivity contribution >= 4 is 5.69 Å². The van der Waals surface area contributed by atoms with E-state index in [4.69, 9.17) is 15.7 Å². The van der Waals surface area contributed by atoms with E-state index in [1.807, 2.05) is 0 Å². The standard InChI is InChI=1S/C9H9N3O3/c1-15-7-2-6(4-10)8(5-11)9(3-7)12(13)14/h2-3H,4,10H2,1H3. The monoisotopic (exact) mass is 207 g/mol. The van der Waals surface area contributed by atoms with Gasteiger partial charge in [0.05, 0.1) is 18.1 Å². The van der Waals surface area contributed by atoms with E-state index in [-0.39, 0.29) is 17.8 Å². The number of nitro benzene ring substituents is 1. The van der Waals surface area contributed by atoms with Gasteiger partial charge in [0.2, 0.25) is 0 Å². The van der Waals surface area contributed by atoms with Crippen LogP contribution in [0.5, 0.6) is 5.75 Å². The molecule has 0 aliphatic rings. The third-order valence-corrected chi connectivity index (χ3v) is 1.94. The van der Waals surface area contributed by atoms with Crippen LogP contribution < -0.4 is 10.5 Å². The number of nitrogens with zero attached hydrogens (tertiary/aromatic N) is 2. The van der Waals surface area contributed by atoms with E-state index in [1.54, 1.807) is 6.07 Å². The van der Waals surface area contributed by atoms with Crippen molar-refractivity contribution in [1.82, 2.24) is 0 Å².